The van der Waals surface area contributed by atoms with E-state index in [2.05, 4.69) is 15.9 Å². The zero-order valence-electron chi connectivity index (χ0n) is 17.5. The monoisotopic (exact) mass is 573 g/mol. The lowest BCUT2D eigenvalue weighted by Gasteiger charge is -2.14. The molecule has 0 aliphatic carbocycles. The van der Waals surface area contributed by atoms with Gasteiger partial charge in [-0.15, -0.1) is 0 Å². The molecule has 0 spiro atoms. The summed E-state index contributed by atoms with van der Waals surface area (Å²) >= 11 is 16.2. The van der Waals surface area contributed by atoms with Crippen molar-refractivity contribution in [3.05, 3.63) is 60.9 Å². The van der Waals surface area contributed by atoms with Gasteiger partial charge in [0.15, 0.2) is 18.1 Å². The zero-order valence-corrected chi connectivity index (χ0v) is 21.4. The Bertz CT molecular complexity index is 1140. The van der Waals surface area contributed by atoms with Crippen molar-refractivity contribution in [2.75, 3.05) is 20.3 Å². The fraction of sp³-hybridized carbons (Fsp3) is 0.227. The maximum absolute atomic E-state index is 12.9. The van der Waals surface area contributed by atoms with Crippen molar-refractivity contribution >= 4 is 74.1 Å². The third kappa shape index (κ3) is 6.23. The molecule has 0 atom stereocenters. The molecule has 0 saturated carbocycles. The zero-order chi connectivity index (χ0) is 24.1. The molecular weight excluding hydrogens is 557 g/mol. The molecule has 0 unspecified atom stereocenters. The van der Waals surface area contributed by atoms with E-state index >= 15 is 0 Å². The van der Waals surface area contributed by atoms with E-state index in [0.717, 1.165) is 16.7 Å². The van der Waals surface area contributed by atoms with E-state index in [1.54, 1.807) is 43.3 Å². The molecule has 1 heterocycles. The molecular formula is C22H18BrCl2NO6S. The van der Waals surface area contributed by atoms with Crippen LogP contribution in [0.1, 0.15) is 18.1 Å². The highest BCUT2D eigenvalue weighted by Gasteiger charge is 2.35. The quantitative estimate of drug-likeness (QED) is 0.285. The molecule has 33 heavy (non-hydrogen) atoms. The first-order valence-corrected chi connectivity index (χ1v) is 11.9. The molecule has 1 saturated heterocycles. The van der Waals surface area contributed by atoms with Crippen LogP contribution < -0.4 is 9.47 Å². The predicted molar refractivity (Wildman–Crippen MR) is 131 cm³/mol. The molecule has 1 aliphatic heterocycles. The lowest BCUT2D eigenvalue weighted by atomic mass is 10.1. The summed E-state index contributed by atoms with van der Waals surface area (Å²) in [7, 11) is 1.45. The Morgan fingerprint density at radius 3 is 2.61 bits per heavy atom. The Hall–Kier alpha value is -2.20. The molecule has 0 bridgehead atoms. The Morgan fingerprint density at radius 1 is 1.18 bits per heavy atom. The number of benzene rings is 2. The number of nitrogens with zero attached hydrogens (tertiary/aromatic N) is 1. The number of thioether (sulfide) groups is 1. The average molecular weight is 575 g/mol. The summed E-state index contributed by atoms with van der Waals surface area (Å²) in [5.74, 6) is -0.273. The molecule has 174 valence electrons. The molecule has 7 nitrogen and oxygen atoms in total. The minimum absolute atomic E-state index is 0.0759. The number of amides is 2. The van der Waals surface area contributed by atoms with Crippen molar-refractivity contribution < 1.29 is 28.6 Å². The molecule has 1 fully saturated rings. The highest BCUT2D eigenvalue weighted by molar-refractivity contribution is 9.10. The molecule has 11 heteroatoms. The normalized spacial score (nSPS) is 14.7. The number of imide groups is 1. The highest BCUT2D eigenvalue weighted by atomic mass is 79.9. The third-order valence-electron chi connectivity index (χ3n) is 4.39. The van der Waals surface area contributed by atoms with Crippen LogP contribution in [0.25, 0.3) is 6.08 Å². The van der Waals surface area contributed by atoms with Gasteiger partial charge in [-0.1, -0.05) is 29.3 Å². The predicted octanol–water partition coefficient (Wildman–Crippen LogP) is 5.94. The number of hydrogen-bond acceptors (Lipinski definition) is 7. The first kappa shape index (κ1) is 25.4. The van der Waals surface area contributed by atoms with Crippen LogP contribution in [0.5, 0.6) is 11.5 Å². The lowest BCUT2D eigenvalue weighted by Crippen LogP contribution is -2.27. The number of halogens is 3. The SMILES string of the molecule is CCOC(=O)COc1c(Br)cc(/C=C2\SC(=O)N(Cc3ccc(Cl)c(Cl)c3)C2=O)cc1OC. The van der Waals surface area contributed by atoms with Gasteiger partial charge in [0.1, 0.15) is 0 Å². The van der Waals surface area contributed by atoms with Crippen molar-refractivity contribution in [1.29, 1.82) is 0 Å². The molecule has 3 rings (SSSR count). The number of rotatable bonds is 8. The number of hydrogen-bond donors (Lipinski definition) is 0. The highest BCUT2D eigenvalue weighted by Crippen LogP contribution is 2.39. The minimum Gasteiger partial charge on any atom is -0.493 e. The van der Waals surface area contributed by atoms with Gasteiger partial charge in [-0.2, -0.15) is 0 Å². The lowest BCUT2D eigenvalue weighted by molar-refractivity contribution is -0.145. The summed E-state index contributed by atoms with van der Waals surface area (Å²) in [4.78, 5) is 38.3. The molecule has 2 aromatic rings. The topological polar surface area (TPSA) is 82.1 Å². The van der Waals surface area contributed by atoms with E-state index in [1.165, 1.54) is 7.11 Å². The van der Waals surface area contributed by atoms with Gasteiger partial charge < -0.3 is 14.2 Å². The summed E-state index contributed by atoms with van der Waals surface area (Å²) in [6.07, 6.45) is 1.59. The minimum atomic E-state index is -0.508. The average Bonchev–Trinajstić information content (AvgIpc) is 3.02. The van der Waals surface area contributed by atoms with E-state index in [0.29, 0.717) is 37.1 Å². The van der Waals surface area contributed by atoms with Crippen LogP contribution >= 0.6 is 50.9 Å². The van der Waals surface area contributed by atoms with Gasteiger partial charge in [0, 0.05) is 0 Å². The smallest absolute Gasteiger partial charge is 0.344 e. The van der Waals surface area contributed by atoms with Crippen LogP contribution in [0.3, 0.4) is 0 Å². The van der Waals surface area contributed by atoms with Crippen LogP contribution in [-0.4, -0.2) is 42.3 Å². The van der Waals surface area contributed by atoms with Crippen LogP contribution in [-0.2, 0) is 20.9 Å². The summed E-state index contributed by atoms with van der Waals surface area (Å²) in [5.41, 5.74) is 1.28. The molecule has 0 N–H and O–H groups in total. The second-order valence-electron chi connectivity index (χ2n) is 6.64. The van der Waals surface area contributed by atoms with E-state index in [-0.39, 0.29) is 24.7 Å². The van der Waals surface area contributed by atoms with Gasteiger partial charge in [-0.05, 0) is 76.1 Å². The largest absolute Gasteiger partial charge is 0.493 e. The number of carbonyl (C=O) groups excluding carboxylic acids is 3. The standard InChI is InChI=1S/C22H18BrCl2NO6S/c1-3-31-19(27)11-32-20-14(23)6-13(8-17(20)30-2)9-18-21(28)26(22(29)33-18)10-12-4-5-15(24)16(25)7-12/h4-9H,3,10-11H2,1-2H3/b18-9-. The van der Waals surface area contributed by atoms with E-state index < -0.39 is 17.1 Å². The van der Waals surface area contributed by atoms with E-state index in [1.807, 2.05) is 0 Å². The van der Waals surface area contributed by atoms with Gasteiger partial charge in [0.2, 0.25) is 0 Å². The van der Waals surface area contributed by atoms with Crippen LogP contribution in [0, 0.1) is 0 Å². The summed E-state index contributed by atoms with van der Waals surface area (Å²) in [6, 6.07) is 8.27. The maximum atomic E-state index is 12.9. The van der Waals surface area contributed by atoms with Crippen LogP contribution in [0.4, 0.5) is 4.79 Å². The van der Waals surface area contributed by atoms with E-state index in [9.17, 15) is 14.4 Å². The molecule has 2 amide bonds. The molecule has 1 aliphatic rings. The third-order valence-corrected chi connectivity index (χ3v) is 6.62. The van der Waals surface area contributed by atoms with Gasteiger partial charge >= 0.3 is 5.97 Å². The number of carbonyl (C=O) groups is 3. The van der Waals surface area contributed by atoms with Gasteiger partial charge in [0.05, 0.1) is 39.7 Å². The Balaban J connectivity index is 1.80. The molecule has 2 aromatic carbocycles. The van der Waals surface area contributed by atoms with Crippen molar-refractivity contribution in [3.8, 4) is 11.5 Å². The second kappa shape index (κ2) is 11.3. The van der Waals surface area contributed by atoms with Crippen LogP contribution in [0.15, 0.2) is 39.7 Å². The maximum Gasteiger partial charge on any atom is 0.344 e. The summed E-state index contributed by atoms with van der Waals surface area (Å²) in [6.45, 7) is 1.75. The Morgan fingerprint density at radius 2 is 1.94 bits per heavy atom. The molecule has 0 radical (unpaired) electrons. The second-order valence-corrected chi connectivity index (χ2v) is 9.31. The summed E-state index contributed by atoms with van der Waals surface area (Å²) < 4.78 is 16.2. The van der Waals surface area contributed by atoms with Crippen molar-refractivity contribution in [1.82, 2.24) is 4.90 Å². The van der Waals surface area contributed by atoms with Crippen LogP contribution in [0.2, 0.25) is 10.0 Å². The Kier molecular flexibility index (Phi) is 8.69. The number of methoxy groups -OCH3 is 1. The van der Waals surface area contributed by atoms with Gasteiger partial charge in [-0.3, -0.25) is 14.5 Å². The summed E-state index contributed by atoms with van der Waals surface area (Å²) in [5, 5.41) is 0.347. The first-order valence-electron chi connectivity index (χ1n) is 9.58. The van der Waals surface area contributed by atoms with E-state index in [4.69, 9.17) is 37.4 Å². The van der Waals surface area contributed by atoms with Crippen molar-refractivity contribution in [3.63, 3.8) is 0 Å². The van der Waals surface area contributed by atoms with Crippen molar-refractivity contribution in [2.45, 2.75) is 13.5 Å². The Labute approximate surface area is 213 Å². The van der Waals surface area contributed by atoms with Gasteiger partial charge in [-0.25, -0.2) is 4.79 Å². The van der Waals surface area contributed by atoms with Gasteiger partial charge in [0.25, 0.3) is 11.1 Å². The molecule has 0 aromatic heterocycles. The first-order chi connectivity index (χ1) is 15.7. The fourth-order valence-corrected chi connectivity index (χ4v) is 4.64. The van der Waals surface area contributed by atoms with Crippen molar-refractivity contribution in [2.24, 2.45) is 0 Å². The number of ether oxygens (including phenoxy) is 3. The number of esters is 1. The fourth-order valence-electron chi connectivity index (χ4n) is 2.91.